The van der Waals surface area contributed by atoms with Crippen LogP contribution in [0, 0.1) is 0 Å². The van der Waals surface area contributed by atoms with Crippen LogP contribution in [0.15, 0.2) is 17.2 Å². The highest BCUT2D eigenvalue weighted by atomic mass is 16.4. The minimum Gasteiger partial charge on any atom is -0.441 e. The molecule has 0 unspecified atom stereocenters. The number of hydrogen-bond donors (Lipinski definition) is 0. The maximum Gasteiger partial charge on any atom is 0.194 e. The number of nitrogens with zero attached hydrogens (tertiary/aromatic N) is 1. The van der Waals surface area contributed by atoms with Crippen molar-refractivity contribution >= 4 is 5.57 Å². The van der Waals surface area contributed by atoms with Gasteiger partial charge in [-0.25, -0.2) is 4.98 Å². The Morgan fingerprint density at radius 3 is 2.80 bits per heavy atom. The predicted molar refractivity (Wildman–Crippen MR) is 40.6 cm³/mol. The number of hydrogen-bond acceptors (Lipinski definition) is 2. The lowest BCUT2D eigenvalue weighted by atomic mass is 10.3. The molecule has 0 bridgehead atoms. The highest BCUT2D eigenvalue weighted by molar-refractivity contribution is 5.55. The summed E-state index contributed by atoms with van der Waals surface area (Å²) in [6.45, 7) is 7.65. The molecule has 0 radical (unpaired) electrons. The van der Waals surface area contributed by atoms with E-state index in [1.54, 1.807) is 6.20 Å². The van der Waals surface area contributed by atoms with Crippen LogP contribution in [0.3, 0.4) is 0 Å². The standard InChI is InChI=1S/C8H11NO/c1-4-8-9-5-7(10-8)6(2)3/h5H,2,4H2,1,3H3. The van der Waals surface area contributed by atoms with Gasteiger partial charge < -0.3 is 4.42 Å². The number of allylic oxidation sites excluding steroid dienone is 1. The molecule has 1 rings (SSSR count). The molecule has 0 saturated heterocycles. The molecule has 1 aromatic rings. The summed E-state index contributed by atoms with van der Waals surface area (Å²) in [6.07, 6.45) is 2.55. The van der Waals surface area contributed by atoms with Crippen molar-refractivity contribution in [3.63, 3.8) is 0 Å². The molecule has 1 heterocycles. The summed E-state index contributed by atoms with van der Waals surface area (Å²) in [4.78, 5) is 4.03. The fourth-order valence-electron chi connectivity index (χ4n) is 0.671. The number of oxazole rings is 1. The van der Waals surface area contributed by atoms with E-state index < -0.39 is 0 Å². The number of aryl methyl sites for hydroxylation is 1. The van der Waals surface area contributed by atoms with Crippen LogP contribution in [0.2, 0.25) is 0 Å². The second-order valence-electron chi connectivity index (χ2n) is 2.25. The first kappa shape index (κ1) is 7.06. The van der Waals surface area contributed by atoms with E-state index in [0.717, 1.165) is 23.6 Å². The average molecular weight is 137 g/mol. The zero-order chi connectivity index (χ0) is 7.56. The van der Waals surface area contributed by atoms with E-state index in [4.69, 9.17) is 4.42 Å². The Hall–Kier alpha value is -1.05. The molecule has 0 aliphatic rings. The molecular weight excluding hydrogens is 126 g/mol. The molecule has 0 N–H and O–H groups in total. The zero-order valence-corrected chi connectivity index (χ0v) is 6.35. The maximum atomic E-state index is 5.28. The van der Waals surface area contributed by atoms with Crippen LogP contribution < -0.4 is 0 Å². The van der Waals surface area contributed by atoms with Crippen molar-refractivity contribution in [1.82, 2.24) is 4.98 Å². The summed E-state index contributed by atoms with van der Waals surface area (Å²) in [5.74, 6) is 1.56. The Kier molecular flexibility index (Phi) is 1.90. The highest BCUT2D eigenvalue weighted by Gasteiger charge is 2.00. The van der Waals surface area contributed by atoms with Gasteiger partial charge in [0.15, 0.2) is 5.89 Å². The normalized spacial score (nSPS) is 9.80. The molecule has 0 atom stereocenters. The summed E-state index contributed by atoms with van der Waals surface area (Å²) >= 11 is 0. The molecular formula is C8H11NO. The molecule has 10 heavy (non-hydrogen) atoms. The van der Waals surface area contributed by atoms with Crippen molar-refractivity contribution in [1.29, 1.82) is 0 Å². The topological polar surface area (TPSA) is 26.0 Å². The predicted octanol–water partition coefficient (Wildman–Crippen LogP) is 2.27. The van der Waals surface area contributed by atoms with Crippen molar-refractivity contribution in [2.45, 2.75) is 20.3 Å². The molecule has 0 aliphatic carbocycles. The van der Waals surface area contributed by atoms with Crippen LogP contribution in [0.4, 0.5) is 0 Å². The highest BCUT2D eigenvalue weighted by Crippen LogP contribution is 2.12. The minimum absolute atomic E-state index is 0.776. The van der Waals surface area contributed by atoms with Gasteiger partial charge in [-0.15, -0.1) is 0 Å². The fraction of sp³-hybridized carbons (Fsp3) is 0.375. The van der Waals surface area contributed by atoms with Gasteiger partial charge in [-0.05, 0) is 12.5 Å². The molecule has 0 aromatic carbocycles. The van der Waals surface area contributed by atoms with Gasteiger partial charge in [0.2, 0.25) is 0 Å². The minimum atomic E-state index is 0.776. The summed E-state index contributed by atoms with van der Waals surface area (Å²) in [5.41, 5.74) is 0.923. The second-order valence-corrected chi connectivity index (χ2v) is 2.25. The van der Waals surface area contributed by atoms with Crippen LogP contribution in [-0.4, -0.2) is 4.98 Å². The third-order valence-electron chi connectivity index (χ3n) is 1.28. The molecule has 2 nitrogen and oxygen atoms in total. The molecule has 0 amide bonds. The lowest BCUT2D eigenvalue weighted by Gasteiger charge is -1.88. The van der Waals surface area contributed by atoms with Gasteiger partial charge in [-0.1, -0.05) is 13.5 Å². The Morgan fingerprint density at radius 1 is 1.80 bits per heavy atom. The fourth-order valence-corrected chi connectivity index (χ4v) is 0.671. The summed E-state index contributed by atoms with van der Waals surface area (Å²) in [7, 11) is 0. The van der Waals surface area contributed by atoms with E-state index in [2.05, 4.69) is 11.6 Å². The van der Waals surface area contributed by atoms with Crippen molar-refractivity contribution in [2.24, 2.45) is 0 Å². The summed E-state index contributed by atoms with van der Waals surface area (Å²) in [6, 6.07) is 0. The Bertz CT molecular complexity index is 237. The van der Waals surface area contributed by atoms with Gasteiger partial charge in [0.05, 0.1) is 6.20 Å². The van der Waals surface area contributed by atoms with Crippen molar-refractivity contribution in [2.75, 3.05) is 0 Å². The van der Waals surface area contributed by atoms with Crippen LogP contribution >= 0.6 is 0 Å². The number of rotatable bonds is 2. The van der Waals surface area contributed by atoms with Crippen LogP contribution in [0.1, 0.15) is 25.5 Å². The Balaban J connectivity index is 2.88. The Labute approximate surface area is 60.6 Å². The van der Waals surface area contributed by atoms with Gasteiger partial charge in [0.25, 0.3) is 0 Å². The zero-order valence-electron chi connectivity index (χ0n) is 6.35. The van der Waals surface area contributed by atoms with Gasteiger partial charge in [0.1, 0.15) is 5.76 Å². The molecule has 0 saturated carbocycles. The third-order valence-corrected chi connectivity index (χ3v) is 1.28. The van der Waals surface area contributed by atoms with Crippen molar-refractivity contribution in [3.8, 4) is 0 Å². The molecule has 1 aromatic heterocycles. The van der Waals surface area contributed by atoms with E-state index in [0.29, 0.717) is 0 Å². The first-order valence-corrected chi connectivity index (χ1v) is 3.34. The van der Waals surface area contributed by atoms with E-state index >= 15 is 0 Å². The van der Waals surface area contributed by atoms with Gasteiger partial charge >= 0.3 is 0 Å². The van der Waals surface area contributed by atoms with Crippen molar-refractivity contribution in [3.05, 3.63) is 24.4 Å². The van der Waals surface area contributed by atoms with Gasteiger partial charge in [0, 0.05) is 6.42 Å². The quantitative estimate of drug-likeness (QED) is 0.625. The molecule has 0 aliphatic heterocycles. The summed E-state index contributed by atoms with van der Waals surface area (Å²) in [5, 5.41) is 0. The Morgan fingerprint density at radius 2 is 2.50 bits per heavy atom. The first-order valence-electron chi connectivity index (χ1n) is 3.34. The SMILES string of the molecule is C=C(C)c1cnc(CC)o1. The van der Waals surface area contributed by atoms with Gasteiger partial charge in [-0.3, -0.25) is 0 Å². The smallest absolute Gasteiger partial charge is 0.194 e. The van der Waals surface area contributed by atoms with E-state index in [1.807, 2.05) is 13.8 Å². The van der Waals surface area contributed by atoms with E-state index in [1.165, 1.54) is 0 Å². The molecule has 2 heteroatoms. The van der Waals surface area contributed by atoms with Crippen LogP contribution in [0.5, 0.6) is 0 Å². The molecule has 0 fully saturated rings. The summed E-state index contributed by atoms with van der Waals surface area (Å²) < 4.78 is 5.28. The van der Waals surface area contributed by atoms with Crippen molar-refractivity contribution < 1.29 is 4.42 Å². The lowest BCUT2D eigenvalue weighted by Crippen LogP contribution is -1.74. The van der Waals surface area contributed by atoms with E-state index in [-0.39, 0.29) is 0 Å². The van der Waals surface area contributed by atoms with Crippen LogP contribution in [-0.2, 0) is 6.42 Å². The monoisotopic (exact) mass is 137 g/mol. The molecule has 0 spiro atoms. The number of aromatic nitrogens is 1. The van der Waals surface area contributed by atoms with Crippen LogP contribution in [0.25, 0.3) is 5.57 Å². The van der Waals surface area contributed by atoms with E-state index in [9.17, 15) is 0 Å². The maximum absolute atomic E-state index is 5.28. The average Bonchev–Trinajstić information content (AvgIpc) is 2.34. The largest absolute Gasteiger partial charge is 0.441 e. The van der Waals surface area contributed by atoms with Gasteiger partial charge in [-0.2, -0.15) is 0 Å². The first-order chi connectivity index (χ1) is 4.74. The second kappa shape index (κ2) is 2.69. The third kappa shape index (κ3) is 1.26. The lowest BCUT2D eigenvalue weighted by molar-refractivity contribution is 0.491. The molecule has 54 valence electrons.